The van der Waals surface area contributed by atoms with Crippen molar-refractivity contribution in [2.75, 3.05) is 25.1 Å². The minimum absolute atomic E-state index is 0.126. The largest absolute Gasteiger partial charge is 0.489 e. The van der Waals surface area contributed by atoms with Crippen LogP contribution in [0.2, 0.25) is 0 Å². The Labute approximate surface area is 183 Å². The Kier molecular flexibility index (Phi) is 9.13. The topological polar surface area (TPSA) is 76.7 Å². The van der Waals surface area contributed by atoms with E-state index in [4.69, 9.17) is 9.47 Å². The molecule has 1 aliphatic rings. The monoisotopic (exact) mass is 422 g/mol. The lowest BCUT2D eigenvalue weighted by Gasteiger charge is -2.13. The van der Waals surface area contributed by atoms with Gasteiger partial charge >= 0.3 is 0 Å². The maximum Gasteiger partial charge on any atom is 0.250 e. The van der Waals surface area contributed by atoms with Crippen molar-refractivity contribution in [3.63, 3.8) is 0 Å². The predicted octanol–water partition coefficient (Wildman–Crippen LogP) is 4.23. The zero-order valence-corrected chi connectivity index (χ0v) is 17.8. The number of anilines is 1. The lowest BCUT2D eigenvalue weighted by atomic mass is 9.97. The van der Waals surface area contributed by atoms with Crippen molar-refractivity contribution >= 4 is 17.5 Å². The van der Waals surface area contributed by atoms with Gasteiger partial charge in [-0.1, -0.05) is 42.0 Å². The molecular formula is C25H30N2O4. The fraction of sp³-hybridized carbons (Fsp3) is 0.360. The second kappa shape index (κ2) is 12.5. The first-order valence-corrected chi connectivity index (χ1v) is 10.8. The van der Waals surface area contributed by atoms with Gasteiger partial charge < -0.3 is 20.1 Å². The Hall–Kier alpha value is -3.12. The molecule has 6 heteroatoms. The molecule has 2 aromatic carbocycles. The van der Waals surface area contributed by atoms with Crippen molar-refractivity contribution in [2.45, 2.75) is 38.7 Å². The van der Waals surface area contributed by atoms with E-state index in [-0.39, 0.29) is 25.0 Å². The highest BCUT2D eigenvalue weighted by Crippen LogP contribution is 2.19. The zero-order chi connectivity index (χ0) is 21.7. The molecule has 0 bridgehead atoms. The molecule has 0 atom stereocenters. The number of ether oxygens (including phenoxy) is 2. The highest BCUT2D eigenvalue weighted by atomic mass is 16.5. The van der Waals surface area contributed by atoms with Crippen molar-refractivity contribution in [2.24, 2.45) is 0 Å². The molecule has 0 radical (unpaired) electrons. The second-order valence-corrected chi connectivity index (χ2v) is 7.55. The number of benzene rings is 2. The first kappa shape index (κ1) is 22.6. The summed E-state index contributed by atoms with van der Waals surface area (Å²) in [5.41, 5.74) is 3.15. The molecule has 0 aromatic heterocycles. The molecule has 31 heavy (non-hydrogen) atoms. The molecule has 0 aliphatic heterocycles. The van der Waals surface area contributed by atoms with Crippen LogP contribution in [0, 0.1) is 0 Å². The molecule has 0 saturated heterocycles. The van der Waals surface area contributed by atoms with E-state index in [1.54, 1.807) is 24.3 Å². The van der Waals surface area contributed by atoms with Gasteiger partial charge in [0.15, 0.2) is 0 Å². The van der Waals surface area contributed by atoms with Gasteiger partial charge in [0, 0.05) is 12.2 Å². The zero-order valence-electron chi connectivity index (χ0n) is 17.8. The summed E-state index contributed by atoms with van der Waals surface area (Å²) in [4.78, 5) is 23.8. The van der Waals surface area contributed by atoms with Crippen molar-refractivity contribution in [3.05, 3.63) is 71.8 Å². The summed E-state index contributed by atoms with van der Waals surface area (Å²) < 4.78 is 10.9. The van der Waals surface area contributed by atoms with Gasteiger partial charge in [-0.2, -0.15) is 0 Å². The van der Waals surface area contributed by atoms with Crippen LogP contribution in [0.4, 0.5) is 5.69 Å². The van der Waals surface area contributed by atoms with Crippen LogP contribution >= 0.6 is 0 Å². The molecule has 6 nitrogen and oxygen atoms in total. The summed E-state index contributed by atoms with van der Waals surface area (Å²) >= 11 is 0. The fourth-order valence-electron chi connectivity index (χ4n) is 3.35. The molecule has 2 amide bonds. The van der Waals surface area contributed by atoms with E-state index < -0.39 is 0 Å². The lowest BCUT2D eigenvalue weighted by molar-refractivity contribution is -0.128. The highest BCUT2D eigenvalue weighted by molar-refractivity contribution is 5.91. The number of amides is 2. The van der Waals surface area contributed by atoms with Crippen LogP contribution in [0.5, 0.6) is 5.75 Å². The summed E-state index contributed by atoms with van der Waals surface area (Å²) in [5.74, 6) is 0.209. The van der Waals surface area contributed by atoms with Crippen LogP contribution in [-0.2, 0) is 20.9 Å². The summed E-state index contributed by atoms with van der Waals surface area (Å²) in [5, 5.41) is 5.58. The van der Waals surface area contributed by atoms with E-state index in [1.807, 2.05) is 30.3 Å². The van der Waals surface area contributed by atoms with Crippen LogP contribution in [-0.4, -0.2) is 31.6 Å². The SMILES string of the molecule is O=C(COCC(=O)Nc1ccc(OCc2ccccc2)cc1)NCCC1=CCCCC1. The maximum atomic E-state index is 12.0. The standard InChI is InChI=1S/C25H30N2O4/c28-24(26-16-15-20-7-3-1-4-8-20)18-30-19-25(29)27-22-11-13-23(14-12-22)31-17-21-9-5-2-6-10-21/h2,5-7,9-14H,1,3-4,8,15-19H2,(H,26,28)(H,27,29). The number of hydrogen-bond acceptors (Lipinski definition) is 4. The van der Waals surface area contributed by atoms with Crippen LogP contribution in [0.25, 0.3) is 0 Å². The van der Waals surface area contributed by atoms with Crippen molar-refractivity contribution in [1.29, 1.82) is 0 Å². The third kappa shape index (κ3) is 8.64. The second-order valence-electron chi connectivity index (χ2n) is 7.55. The van der Waals surface area contributed by atoms with E-state index in [1.165, 1.54) is 18.4 Å². The van der Waals surface area contributed by atoms with Gasteiger partial charge in [-0.3, -0.25) is 9.59 Å². The Morgan fingerprint density at radius 2 is 1.68 bits per heavy atom. The van der Waals surface area contributed by atoms with Gasteiger partial charge in [-0.15, -0.1) is 0 Å². The molecule has 0 heterocycles. The fourth-order valence-corrected chi connectivity index (χ4v) is 3.35. The van der Waals surface area contributed by atoms with E-state index in [0.717, 1.165) is 30.6 Å². The van der Waals surface area contributed by atoms with Crippen LogP contribution in [0.1, 0.15) is 37.7 Å². The average molecular weight is 423 g/mol. The van der Waals surface area contributed by atoms with Crippen LogP contribution in [0.3, 0.4) is 0 Å². The summed E-state index contributed by atoms with van der Waals surface area (Å²) in [6.45, 7) is 0.794. The van der Waals surface area contributed by atoms with E-state index >= 15 is 0 Å². The molecule has 164 valence electrons. The number of carbonyl (C=O) groups is 2. The number of hydrogen-bond donors (Lipinski definition) is 2. The van der Waals surface area contributed by atoms with Gasteiger partial charge in [0.25, 0.3) is 0 Å². The Morgan fingerprint density at radius 1 is 0.903 bits per heavy atom. The molecule has 1 aliphatic carbocycles. The Bertz CT molecular complexity index is 863. The van der Waals surface area contributed by atoms with Gasteiger partial charge in [-0.05, 0) is 61.9 Å². The van der Waals surface area contributed by atoms with Gasteiger partial charge in [0.05, 0.1) is 0 Å². The average Bonchev–Trinajstić information content (AvgIpc) is 2.80. The first-order chi connectivity index (χ1) is 15.2. The smallest absolute Gasteiger partial charge is 0.250 e. The van der Waals surface area contributed by atoms with Crippen molar-refractivity contribution in [1.82, 2.24) is 5.32 Å². The van der Waals surface area contributed by atoms with Crippen LogP contribution in [0.15, 0.2) is 66.2 Å². The van der Waals surface area contributed by atoms with E-state index in [0.29, 0.717) is 18.8 Å². The minimum Gasteiger partial charge on any atom is -0.489 e. The third-order valence-corrected chi connectivity index (χ3v) is 5.01. The molecular weight excluding hydrogens is 392 g/mol. The normalized spacial score (nSPS) is 13.2. The number of rotatable bonds is 11. The van der Waals surface area contributed by atoms with Crippen LogP contribution < -0.4 is 15.4 Å². The summed E-state index contributed by atoms with van der Waals surface area (Å²) in [6.07, 6.45) is 7.94. The maximum absolute atomic E-state index is 12.0. The molecule has 3 rings (SSSR count). The predicted molar refractivity (Wildman–Crippen MR) is 121 cm³/mol. The molecule has 0 fully saturated rings. The Morgan fingerprint density at radius 3 is 2.42 bits per heavy atom. The van der Waals surface area contributed by atoms with Gasteiger partial charge in [0.1, 0.15) is 25.6 Å². The first-order valence-electron chi connectivity index (χ1n) is 10.8. The number of nitrogens with one attached hydrogen (secondary N) is 2. The minimum atomic E-state index is -0.307. The highest BCUT2D eigenvalue weighted by Gasteiger charge is 2.08. The molecule has 0 unspecified atom stereocenters. The van der Waals surface area contributed by atoms with Gasteiger partial charge in [-0.25, -0.2) is 0 Å². The lowest BCUT2D eigenvalue weighted by Crippen LogP contribution is -2.30. The number of carbonyl (C=O) groups excluding carboxylic acids is 2. The molecule has 2 N–H and O–H groups in total. The van der Waals surface area contributed by atoms with Crippen molar-refractivity contribution in [3.8, 4) is 5.75 Å². The summed E-state index contributed by atoms with van der Waals surface area (Å²) in [6, 6.07) is 17.1. The Balaban J connectivity index is 1.28. The molecule has 2 aromatic rings. The van der Waals surface area contributed by atoms with E-state index in [2.05, 4.69) is 16.7 Å². The summed E-state index contributed by atoms with van der Waals surface area (Å²) in [7, 11) is 0. The van der Waals surface area contributed by atoms with E-state index in [9.17, 15) is 9.59 Å². The van der Waals surface area contributed by atoms with Gasteiger partial charge in [0.2, 0.25) is 11.8 Å². The quantitative estimate of drug-likeness (QED) is 0.532. The molecule has 0 saturated carbocycles. The number of allylic oxidation sites excluding steroid dienone is 1. The van der Waals surface area contributed by atoms with Crippen molar-refractivity contribution < 1.29 is 19.1 Å². The molecule has 0 spiro atoms. The third-order valence-electron chi connectivity index (χ3n) is 5.01.